The highest BCUT2D eigenvalue weighted by molar-refractivity contribution is 8.00. The summed E-state index contributed by atoms with van der Waals surface area (Å²) in [5.41, 5.74) is 2.08. The third-order valence-corrected chi connectivity index (χ3v) is 5.88. The van der Waals surface area contributed by atoms with Gasteiger partial charge in [0.2, 0.25) is 5.91 Å². The van der Waals surface area contributed by atoms with Gasteiger partial charge in [0.05, 0.1) is 5.25 Å². The van der Waals surface area contributed by atoms with Crippen molar-refractivity contribution in [1.82, 2.24) is 20.1 Å². The number of carbonyl (C=O) groups is 1. The Labute approximate surface area is 174 Å². The van der Waals surface area contributed by atoms with Crippen LogP contribution in [0.1, 0.15) is 30.9 Å². The Morgan fingerprint density at radius 1 is 1.10 bits per heavy atom. The van der Waals surface area contributed by atoms with Crippen LogP contribution in [0.25, 0.3) is 0 Å². The maximum Gasteiger partial charge on any atom is 0.343 e. The van der Waals surface area contributed by atoms with Crippen molar-refractivity contribution in [3.63, 3.8) is 0 Å². The van der Waals surface area contributed by atoms with Crippen molar-refractivity contribution in [1.29, 1.82) is 0 Å². The number of nitrogens with one attached hydrogen (secondary N) is 2. The average molecular weight is 411 g/mol. The molecule has 0 fully saturated rings. The van der Waals surface area contributed by atoms with Gasteiger partial charge in [-0.05, 0) is 30.4 Å². The van der Waals surface area contributed by atoms with Gasteiger partial charge in [0, 0.05) is 13.1 Å². The van der Waals surface area contributed by atoms with Crippen LogP contribution in [0, 0.1) is 0 Å². The molecule has 2 N–H and O–H groups in total. The molecule has 2 atom stereocenters. The van der Waals surface area contributed by atoms with E-state index >= 15 is 0 Å². The molecular formula is C22H26N4O2S. The molecule has 2 aromatic carbocycles. The Morgan fingerprint density at radius 3 is 2.45 bits per heavy atom. The fourth-order valence-corrected chi connectivity index (χ4v) is 3.89. The summed E-state index contributed by atoms with van der Waals surface area (Å²) in [6.07, 6.45) is 0.725. The van der Waals surface area contributed by atoms with E-state index in [2.05, 4.69) is 34.6 Å². The maximum atomic E-state index is 12.5. The second kappa shape index (κ2) is 10.1. The van der Waals surface area contributed by atoms with Crippen molar-refractivity contribution < 1.29 is 4.79 Å². The van der Waals surface area contributed by atoms with Crippen LogP contribution in [-0.2, 0) is 17.8 Å². The summed E-state index contributed by atoms with van der Waals surface area (Å²) in [7, 11) is 0. The number of benzene rings is 2. The highest BCUT2D eigenvalue weighted by atomic mass is 32.2. The molecule has 1 amide bonds. The summed E-state index contributed by atoms with van der Waals surface area (Å²) in [4.78, 5) is 24.6. The van der Waals surface area contributed by atoms with Gasteiger partial charge >= 0.3 is 5.69 Å². The van der Waals surface area contributed by atoms with Crippen molar-refractivity contribution >= 4 is 17.7 Å². The van der Waals surface area contributed by atoms with E-state index in [4.69, 9.17) is 0 Å². The molecule has 1 aromatic heterocycles. The molecule has 1 heterocycles. The fourth-order valence-electron chi connectivity index (χ4n) is 2.98. The third kappa shape index (κ3) is 5.84. The predicted octanol–water partition coefficient (Wildman–Crippen LogP) is 3.21. The van der Waals surface area contributed by atoms with Crippen molar-refractivity contribution in [3.05, 3.63) is 82.3 Å². The monoisotopic (exact) mass is 410 g/mol. The van der Waals surface area contributed by atoms with Gasteiger partial charge in [-0.15, -0.1) is 5.10 Å². The molecular weight excluding hydrogens is 384 g/mol. The smallest absolute Gasteiger partial charge is 0.343 e. The molecule has 0 saturated carbocycles. The zero-order valence-electron chi connectivity index (χ0n) is 16.7. The highest BCUT2D eigenvalue weighted by Gasteiger charge is 2.19. The number of aryl methyl sites for hydroxylation is 1. The van der Waals surface area contributed by atoms with E-state index in [1.807, 2.05) is 55.5 Å². The SMILES string of the molecule is CC(Sc1n[nH]c(=O)n1CCc1ccccc1)C(=O)NCC(C)c1ccccc1. The molecule has 29 heavy (non-hydrogen) atoms. The summed E-state index contributed by atoms with van der Waals surface area (Å²) in [5, 5.41) is 9.77. The zero-order chi connectivity index (χ0) is 20.6. The quantitative estimate of drug-likeness (QED) is 0.531. The van der Waals surface area contributed by atoms with Gasteiger partial charge in [0.25, 0.3) is 0 Å². The lowest BCUT2D eigenvalue weighted by Crippen LogP contribution is -2.34. The number of thioether (sulfide) groups is 1. The number of amides is 1. The second-order valence-electron chi connectivity index (χ2n) is 7.02. The number of hydrogen-bond donors (Lipinski definition) is 2. The molecule has 2 unspecified atom stereocenters. The van der Waals surface area contributed by atoms with Gasteiger partial charge in [-0.1, -0.05) is 79.3 Å². The van der Waals surface area contributed by atoms with Gasteiger partial charge in [-0.2, -0.15) is 0 Å². The molecule has 0 bridgehead atoms. The minimum absolute atomic E-state index is 0.0668. The van der Waals surface area contributed by atoms with Crippen molar-refractivity contribution in [2.24, 2.45) is 0 Å². The summed E-state index contributed by atoms with van der Waals surface area (Å²) in [5.74, 6) is 0.162. The number of nitrogens with zero attached hydrogens (tertiary/aromatic N) is 2. The number of aromatic amines is 1. The first-order valence-corrected chi connectivity index (χ1v) is 10.6. The van der Waals surface area contributed by atoms with Gasteiger partial charge in [-0.25, -0.2) is 9.89 Å². The summed E-state index contributed by atoms with van der Waals surface area (Å²) in [6, 6.07) is 20.1. The molecule has 0 radical (unpaired) electrons. The lowest BCUT2D eigenvalue weighted by Gasteiger charge is -2.16. The first-order valence-electron chi connectivity index (χ1n) is 9.73. The molecule has 7 heteroatoms. The summed E-state index contributed by atoms with van der Waals surface area (Å²) < 4.78 is 1.59. The molecule has 6 nitrogen and oxygen atoms in total. The summed E-state index contributed by atoms with van der Waals surface area (Å²) >= 11 is 1.29. The van der Waals surface area contributed by atoms with Crippen LogP contribution in [0.3, 0.4) is 0 Å². The molecule has 3 aromatic rings. The first-order chi connectivity index (χ1) is 14.0. The molecule has 0 aliphatic carbocycles. The topological polar surface area (TPSA) is 79.8 Å². The molecule has 0 saturated heterocycles. The van der Waals surface area contributed by atoms with Gasteiger partial charge in [0.15, 0.2) is 5.16 Å². The van der Waals surface area contributed by atoms with E-state index in [-0.39, 0.29) is 22.8 Å². The third-order valence-electron chi connectivity index (χ3n) is 4.79. The zero-order valence-corrected chi connectivity index (χ0v) is 17.5. The van der Waals surface area contributed by atoms with E-state index in [9.17, 15) is 9.59 Å². The Morgan fingerprint density at radius 2 is 1.76 bits per heavy atom. The van der Waals surface area contributed by atoms with Gasteiger partial charge in [-0.3, -0.25) is 9.36 Å². The fraction of sp³-hybridized carbons (Fsp3) is 0.318. The van der Waals surface area contributed by atoms with E-state index in [0.29, 0.717) is 18.2 Å². The Hall–Kier alpha value is -2.80. The highest BCUT2D eigenvalue weighted by Crippen LogP contribution is 2.21. The standard InChI is InChI=1S/C22H26N4O2S/c1-16(19-11-7-4-8-12-19)15-23-20(27)17(2)29-22-25-24-21(28)26(22)14-13-18-9-5-3-6-10-18/h3-12,16-17H,13-15H2,1-2H3,(H,23,27)(H,24,28). The lowest BCUT2D eigenvalue weighted by molar-refractivity contribution is -0.120. The van der Waals surface area contributed by atoms with E-state index in [1.54, 1.807) is 4.57 Å². The van der Waals surface area contributed by atoms with Crippen LogP contribution in [0.5, 0.6) is 0 Å². The Bertz CT molecular complexity index is 969. The van der Waals surface area contributed by atoms with E-state index in [0.717, 1.165) is 12.0 Å². The van der Waals surface area contributed by atoms with Gasteiger partial charge < -0.3 is 5.32 Å². The predicted molar refractivity (Wildman–Crippen MR) is 116 cm³/mol. The van der Waals surface area contributed by atoms with Crippen LogP contribution < -0.4 is 11.0 Å². The Kier molecular flexibility index (Phi) is 7.30. The van der Waals surface area contributed by atoms with Crippen molar-refractivity contribution in [2.45, 2.75) is 43.1 Å². The largest absolute Gasteiger partial charge is 0.355 e. The Balaban J connectivity index is 1.55. The van der Waals surface area contributed by atoms with Crippen LogP contribution in [0.15, 0.2) is 70.6 Å². The average Bonchev–Trinajstić information content (AvgIpc) is 3.10. The second-order valence-corrected chi connectivity index (χ2v) is 8.32. The normalized spacial score (nSPS) is 13.0. The number of hydrogen-bond acceptors (Lipinski definition) is 4. The number of rotatable bonds is 9. The van der Waals surface area contributed by atoms with Crippen LogP contribution in [0.4, 0.5) is 0 Å². The van der Waals surface area contributed by atoms with Gasteiger partial charge in [0.1, 0.15) is 0 Å². The van der Waals surface area contributed by atoms with E-state index < -0.39 is 0 Å². The molecule has 152 valence electrons. The minimum atomic E-state index is -0.358. The van der Waals surface area contributed by atoms with Crippen LogP contribution in [-0.4, -0.2) is 32.5 Å². The van der Waals surface area contributed by atoms with Crippen LogP contribution in [0.2, 0.25) is 0 Å². The molecule has 0 aliphatic rings. The summed E-state index contributed by atoms with van der Waals surface area (Å²) in [6.45, 7) is 4.99. The van der Waals surface area contributed by atoms with Crippen LogP contribution >= 0.6 is 11.8 Å². The molecule has 0 aliphatic heterocycles. The molecule has 3 rings (SSSR count). The van der Waals surface area contributed by atoms with Crippen molar-refractivity contribution in [2.75, 3.05) is 6.54 Å². The van der Waals surface area contributed by atoms with Crippen molar-refractivity contribution in [3.8, 4) is 0 Å². The first kappa shape index (κ1) is 20.9. The number of carbonyl (C=O) groups excluding carboxylic acids is 1. The number of aromatic nitrogens is 3. The maximum absolute atomic E-state index is 12.5. The number of H-pyrrole nitrogens is 1. The lowest BCUT2D eigenvalue weighted by atomic mass is 10.0. The van der Waals surface area contributed by atoms with E-state index in [1.165, 1.54) is 17.3 Å². The molecule has 0 spiro atoms. The minimum Gasteiger partial charge on any atom is -0.355 e.